The number of H-pyrrole nitrogens is 1. The maximum atomic E-state index is 5.85. The van der Waals surface area contributed by atoms with Crippen molar-refractivity contribution in [1.29, 1.82) is 0 Å². The minimum atomic E-state index is 0.212. The van der Waals surface area contributed by atoms with Crippen molar-refractivity contribution in [2.45, 2.75) is 32.7 Å². The smallest absolute Gasteiger partial charge is 0.162 e. The maximum Gasteiger partial charge on any atom is 0.162 e. The maximum absolute atomic E-state index is 5.85. The van der Waals surface area contributed by atoms with E-state index in [4.69, 9.17) is 15.2 Å². The summed E-state index contributed by atoms with van der Waals surface area (Å²) in [6.07, 6.45) is 1.95. The first kappa shape index (κ1) is 13.7. The van der Waals surface area contributed by atoms with E-state index in [1.54, 1.807) is 14.2 Å². The second kappa shape index (κ2) is 5.53. The lowest BCUT2D eigenvalue weighted by Crippen LogP contribution is -2.15. The van der Waals surface area contributed by atoms with Gasteiger partial charge in [0.05, 0.1) is 14.2 Å². The molecule has 1 atom stereocenters. The minimum Gasteiger partial charge on any atom is -0.493 e. The minimum absolute atomic E-state index is 0.212. The van der Waals surface area contributed by atoms with Gasteiger partial charge in [-0.05, 0) is 38.3 Å². The number of methoxy groups -OCH3 is 2. The van der Waals surface area contributed by atoms with E-state index in [0.717, 1.165) is 29.9 Å². The van der Waals surface area contributed by atoms with E-state index in [0.29, 0.717) is 0 Å². The van der Waals surface area contributed by atoms with Gasteiger partial charge in [0.25, 0.3) is 0 Å². The number of aryl methyl sites for hydroxylation is 2. The van der Waals surface area contributed by atoms with E-state index in [-0.39, 0.29) is 6.04 Å². The summed E-state index contributed by atoms with van der Waals surface area (Å²) < 4.78 is 10.7. The molecule has 0 bridgehead atoms. The van der Waals surface area contributed by atoms with Gasteiger partial charge in [0, 0.05) is 28.7 Å². The Balaban J connectivity index is 2.49. The molecule has 2 aromatic rings. The van der Waals surface area contributed by atoms with Crippen LogP contribution < -0.4 is 15.2 Å². The molecule has 3 N–H and O–H groups in total. The van der Waals surface area contributed by atoms with Gasteiger partial charge in [-0.25, -0.2) is 0 Å². The Hall–Kier alpha value is -1.68. The monoisotopic (exact) mass is 262 g/mol. The predicted molar refractivity (Wildman–Crippen MR) is 78.1 cm³/mol. The number of benzene rings is 1. The quantitative estimate of drug-likeness (QED) is 0.871. The summed E-state index contributed by atoms with van der Waals surface area (Å²) in [7, 11) is 3.31. The fourth-order valence-corrected chi connectivity index (χ4v) is 2.41. The molecule has 0 radical (unpaired) electrons. The average Bonchev–Trinajstić information content (AvgIpc) is 2.69. The molecule has 0 aliphatic carbocycles. The summed E-state index contributed by atoms with van der Waals surface area (Å²) in [5.74, 6) is 1.51. The van der Waals surface area contributed by atoms with Crippen molar-refractivity contribution in [3.8, 4) is 11.5 Å². The zero-order chi connectivity index (χ0) is 14.0. The number of nitrogens with two attached hydrogens (primary N) is 1. The highest BCUT2D eigenvalue weighted by molar-refractivity contribution is 5.88. The highest BCUT2D eigenvalue weighted by atomic mass is 16.5. The van der Waals surface area contributed by atoms with Crippen LogP contribution in [0.5, 0.6) is 11.5 Å². The lowest BCUT2D eigenvalue weighted by molar-refractivity contribution is 0.356. The molecular formula is C15H22N2O2. The molecule has 1 aromatic carbocycles. The molecule has 2 rings (SSSR count). The fourth-order valence-electron chi connectivity index (χ4n) is 2.41. The molecule has 0 saturated heterocycles. The number of aromatic nitrogens is 1. The zero-order valence-corrected chi connectivity index (χ0v) is 12.0. The SMILES string of the molecule is COc1cc2[nH]c(C)c(CCC(C)N)c2cc1OC. The first-order valence-corrected chi connectivity index (χ1v) is 6.55. The number of hydrogen-bond acceptors (Lipinski definition) is 3. The van der Waals surface area contributed by atoms with Crippen LogP contribution in [-0.2, 0) is 6.42 Å². The van der Waals surface area contributed by atoms with E-state index in [2.05, 4.69) is 11.9 Å². The lowest BCUT2D eigenvalue weighted by atomic mass is 10.0. The Kier molecular flexibility index (Phi) is 4.00. The van der Waals surface area contributed by atoms with Crippen LogP contribution >= 0.6 is 0 Å². The third-order valence-corrected chi connectivity index (χ3v) is 3.47. The van der Waals surface area contributed by atoms with Crippen molar-refractivity contribution in [2.75, 3.05) is 14.2 Å². The van der Waals surface area contributed by atoms with Crippen molar-refractivity contribution >= 4 is 10.9 Å². The predicted octanol–water partition coefficient (Wildman–Crippen LogP) is 2.77. The first-order chi connectivity index (χ1) is 9.06. The topological polar surface area (TPSA) is 60.3 Å². The molecular weight excluding hydrogens is 240 g/mol. The molecule has 0 fully saturated rings. The molecule has 0 spiro atoms. The molecule has 0 aliphatic rings. The van der Waals surface area contributed by atoms with Crippen molar-refractivity contribution in [2.24, 2.45) is 5.73 Å². The molecule has 19 heavy (non-hydrogen) atoms. The highest BCUT2D eigenvalue weighted by Crippen LogP contribution is 2.35. The summed E-state index contributed by atoms with van der Waals surface area (Å²) >= 11 is 0. The van der Waals surface area contributed by atoms with Gasteiger partial charge in [0.15, 0.2) is 11.5 Å². The van der Waals surface area contributed by atoms with E-state index in [1.165, 1.54) is 16.6 Å². The summed E-state index contributed by atoms with van der Waals surface area (Å²) in [5, 5.41) is 1.19. The third-order valence-electron chi connectivity index (χ3n) is 3.47. The Morgan fingerprint density at radius 2 is 1.84 bits per heavy atom. The Morgan fingerprint density at radius 1 is 1.21 bits per heavy atom. The Labute approximate surface area is 113 Å². The number of hydrogen-bond donors (Lipinski definition) is 2. The van der Waals surface area contributed by atoms with Crippen molar-refractivity contribution in [3.05, 3.63) is 23.4 Å². The lowest BCUT2D eigenvalue weighted by Gasteiger charge is -2.09. The second-order valence-corrected chi connectivity index (χ2v) is 5.00. The van der Waals surface area contributed by atoms with Gasteiger partial charge in [0.2, 0.25) is 0 Å². The van der Waals surface area contributed by atoms with Gasteiger partial charge in [-0.3, -0.25) is 0 Å². The molecule has 4 heteroatoms. The van der Waals surface area contributed by atoms with Crippen molar-refractivity contribution < 1.29 is 9.47 Å². The van der Waals surface area contributed by atoms with Crippen LogP contribution in [0.4, 0.5) is 0 Å². The molecule has 0 saturated carbocycles. The first-order valence-electron chi connectivity index (χ1n) is 6.55. The number of fused-ring (bicyclic) bond motifs is 1. The van der Waals surface area contributed by atoms with Gasteiger partial charge in [-0.1, -0.05) is 0 Å². The third kappa shape index (κ3) is 2.68. The van der Waals surface area contributed by atoms with Gasteiger partial charge in [0.1, 0.15) is 0 Å². The van der Waals surface area contributed by atoms with Crippen molar-refractivity contribution in [1.82, 2.24) is 4.98 Å². The van der Waals surface area contributed by atoms with E-state index in [1.807, 2.05) is 19.1 Å². The molecule has 104 valence electrons. The van der Waals surface area contributed by atoms with Crippen LogP contribution in [0, 0.1) is 6.92 Å². The van der Waals surface area contributed by atoms with Gasteiger partial charge in [-0.15, -0.1) is 0 Å². The molecule has 0 aliphatic heterocycles. The van der Waals surface area contributed by atoms with Crippen LogP contribution in [0.3, 0.4) is 0 Å². The van der Waals surface area contributed by atoms with Crippen LogP contribution in [0.15, 0.2) is 12.1 Å². The zero-order valence-electron chi connectivity index (χ0n) is 12.0. The van der Waals surface area contributed by atoms with Crippen LogP contribution in [0.25, 0.3) is 10.9 Å². The molecule has 0 amide bonds. The number of rotatable bonds is 5. The van der Waals surface area contributed by atoms with Crippen molar-refractivity contribution in [3.63, 3.8) is 0 Å². The molecule has 1 unspecified atom stereocenters. The molecule has 4 nitrogen and oxygen atoms in total. The normalized spacial score (nSPS) is 12.7. The highest BCUT2D eigenvalue weighted by Gasteiger charge is 2.13. The van der Waals surface area contributed by atoms with E-state index in [9.17, 15) is 0 Å². The van der Waals surface area contributed by atoms with Gasteiger partial charge < -0.3 is 20.2 Å². The van der Waals surface area contributed by atoms with Gasteiger partial charge >= 0.3 is 0 Å². The van der Waals surface area contributed by atoms with Crippen LogP contribution in [-0.4, -0.2) is 25.2 Å². The standard InChI is InChI=1S/C15H22N2O2/c1-9(16)5-6-11-10(2)17-13-8-15(19-4)14(18-3)7-12(11)13/h7-9,17H,5-6,16H2,1-4H3. The summed E-state index contributed by atoms with van der Waals surface area (Å²) in [4.78, 5) is 3.40. The van der Waals surface area contributed by atoms with Crippen LogP contribution in [0.2, 0.25) is 0 Å². The summed E-state index contributed by atoms with van der Waals surface area (Å²) in [5.41, 5.74) is 9.43. The van der Waals surface area contributed by atoms with E-state index >= 15 is 0 Å². The molecule has 1 aromatic heterocycles. The number of ether oxygens (including phenoxy) is 2. The Morgan fingerprint density at radius 3 is 2.42 bits per heavy atom. The summed E-state index contributed by atoms with van der Waals surface area (Å²) in [6.45, 7) is 4.13. The van der Waals surface area contributed by atoms with Gasteiger partial charge in [-0.2, -0.15) is 0 Å². The van der Waals surface area contributed by atoms with Crippen LogP contribution in [0.1, 0.15) is 24.6 Å². The van der Waals surface area contributed by atoms with E-state index < -0.39 is 0 Å². The summed E-state index contributed by atoms with van der Waals surface area (Å²) in [6, 6.07) is 4.23. The second-order valence-electron chi connectivity index (χ2n) is 5.00. The largest absolute Gasteiger partial charge is 0.493 e. The number of nitrogens with one attached hydrogen (secondary N) is 1. The Bertz CT molecular complexity index is 573. The fraction of sp³-hybridized carbons (Fsp3) is 0.467. The molecule has 1 heterocycles. The number of aromatic amines is 1. The average molecular weight is 262 g/mol.